The molecule has 0 aliphatic heterocycles. The van der Waals surface area contributed by atoms with Gasteiger partial charge in [0.05, 0.1) is 5.01 Å². The molecule has 0 atom stereocenters. The van der Waals surface area contributed by atoms with Crippen molar-refractivity contribution in [2.75, 3.05) is 6.54 Å². The first-order valence-corrected chi connectivity index (χ1v) is 7.14. The lowest BCUT2D eigenvalue weighted by molar-refractivity contribution is -0.131. The fraction of sp³-hybridized carbons (Fsp3) is 0.583. The van der Waals surface area contributed by atoms with Crippen LogP contribution in [0.5, 0.6) is 0 Å². The Morgan fingerprint density at radius 3 is 2.89 bits per heavy atom. The molecule has 7 heteroatoms. The Bertz CT molecular complexity index is 494. The number of carbonyl (C=O) groups is 1. The Balaban J connectivity index is 1.87. The first-order chi connectivity index (χ1) is 9.08. The lowest BCUT2D eigenvalue weighted by Gasteiger charge is -2.38. The molecule has 1 aliphatic rings. The molecule has 1 aliphatic carbocycles. The Hall–Kier alpha value is -1.63. The van der Waals surface area contributed by atoms with Crippen molar-refractivity contribution < 1.29 is 10.0 Å². The number of hydrogen-bond acceptors (Lipinski definition) is 5. The Labute approximate surface area is 115 Å². The molecular formula is C12H18N4O2S. The van der Waals surface area contributed by atoms with Crippen LogP contribution in [0.4, 0.5) is 0 Å². The van der Waals surface area contributed by atoms with Gasteiger partial charge in [0.2, 0.25) is 5.91 Å². The zero-order valence-corrected chi connectivity index (χ0v) is 11.7. The maximum atomic E-state index is 12.1. The van der Waals surface area contributed by atoms with Crippen LogP contribution in [0, 0.1) is 12.3 Å². The summed E-state index contributed by atoms with van der Waals surface area (Å²) in [6, 6.07) is 0. The normalized spacial score (nSPS) is 17.8. The maximum absolute atomic E-state index is 12.1. The summed E-state index contributed by atoms with van der Waals surface area (Å²) in [4.78, 5) is 16.5. The minimum Gasteiger partial charge on any atom is -0.409 e. The predicted octanol–water partition coefficient (Wildman–Crippen LogP) is 1.03. The number of nitrogens with one attached hydrogen (secondary N) is 1. The van der Waals surface area contributed by atoms with Crippen LogP contribution in [-0.4, -0.2) is 28.5 Å². The Morgan fingerprint density at radius 1 is 1.68 bits per heavy atom. The van der Waals surface area contributed by atoms with E-state index in [1.54, 1.807) is 11.3 Å². The number of oxime groups is 1. The van der Waals surface area contributed by atoms with E-state index < -0.39 is 5.41 Å². The van der Waals surface area contributed by atoms with Crippen molar-refractivity contribution in [3.8, 4) is 0 Å². The highest BCUT2D eigenvalue weighted by atomic mass is 32.1. The number of hydrogen-bond donors (Lipinski definition) is 3. The van der Waals surface area contributed by atoms with E-state index >= 15 is 0 Å². The summed E-state index contributed by atoms with van der Waals surface area (Å²) in [6.07, 6.45) is 2.92. The second-order valence-corrected chi connectivity index (χ2v) is 5.75. The van der Waals surface area contributed by atoms with Crippen molar-refractivity contribution in [1.29, 1.82) is 0 Å². The van der Waals surface area contributed by atoms with E-state index in [0.29, 0.717) is 25.8 Å². The van der Waals surface area contributed by atoms with Crippen molar-refractivity contribution in [1.82, 2.24) is 10.3 Å². The van der Waals surface area contributed by atoms with Gasteiger partial charge in [-0.05, 0) is 19.8 Å². The number of carbonyl (C=O) groups excluding carboxylic acids is 1. The van der Waals surface area contributed by atoms with Gasteiger partial charge in [-0.2, -0.15) is 0 Å². The molecule has 1 aromatic heterocycles. The molecule has 6 nitrogen and oxygen atoms in total. The highest BCUT2D eigenvalue weighted by Gasteiger charge is 2.48. The van der Waals surface area contributed by atoms with Gasteiger partial charge in [0.15, 0.2) is 5.84 Å². The molecule has 19 heavy (non-hydrogen) atoms. The highest BCUT2D eigenvalue weighted by molar-refractivity contribution is 7.09. The van der Waals surface area contributed by atoms with E-state index in [0.717, 1.165) is 17.1 Å². The van der Waals surface area contributed by atoms with Crippen LogP contribution in [0.3, 0.4) is 0 Å². The summed E-state index contributed by atoms with van der Waals surface area (Å²) in [7, 11) is 0. The van der Waals surface area contributed by atoms with E-state index in [4.69, 9.17) is 10.9 Å². The number of amides is 1. The summed E-state index contributed by atoms with van der Waals surface area (Å²) in [6.45, 7) is 2.46. The van der Waals surface area contributed by atoms with Gasteiger partial charge in [0.1, 0.15) is 5.41 Å². The number of aromatic nitrogens is 1. The van der Waals surface area contributed by atoms with Gasteiger partial charge in [-0.15, -0.1) is 11.3 Å². The molecule has 2 rings (SSSR count). The SMILES string of the molecule is Cc1csc(CCNC(=O)C2(C(N)=NO)CCC2)n1. The zero-order chi connectivity index (χ0) is 13.9. The molecule has 0 radical (unpaired) electrons. The number of nitrogens with two attached hydrogens (primary N) is 1. The molecule has 0 saturated heterocycles. The molecule has 0 aromatic carbocycles. The lowest BCUT2D eigenvalue weighted by Crippen LogP contribution is -2.54. The zero-order valence-electron chi connectivity index (χ0n) is 10.8. The number of amidine groups is 1. The summed E-state index contributed by atoms with van der Waals surface area (Å²) in [5.74, 6) is -0.135. The van der Waals surface area contributed by atoms with Crippen LogP contribution < -0.4 is 11.1 Å². The Morgan fingerprint density at radius 2 is 2.42 bits per heavy atom. The second kappa shape index (κ2) is 5.56. The van der Waals surface area contributed by atoms with E-state index in [2.05, 4.69) is 15.5 Å². The average Bonchev–Trinajstić information content (AvgIpc) is 2.73. The first-order valence-electron chi connectivity index (χ1n) is 6.26. The van der Waals surface area contributed by atoms with Gasteiger partial charge in [0, 0.05) is 24.0 Å². The molecule has 4 N–H and O–H groups in total. The van der Waals surface area contributed by atoms with Gasteiger partial charge >= 0.3 is 0 Å². The van der Waals surface area contributed by atoms with Gasteiger partial charge in [-0.1, -0.05) is 11.6 Å². The minimum absolute atomic E-state index is 0.0151. The quantitative estimate of drug-likeness (QED) is 0.325. The largest absolute Gasteiger partial charge is 0.409 e. The summed E-state index contributed by atoms with van der Waals surface area (Å²) >= 11 is 1.59. The van der Waals surface area contributed by atoms with Crippen LogP contribution in [-0.2, 0) is 11.2 Å². The number of aryl methyl sites for hydroxylation is 1. The van der Waals surface area contributed by atoms with Gasteiger partial charge in [-0.3, -0.25) is 4.79 Å². The predicted molar refractivity (Wildman–Crippen MR) is 73.3 cm³/mol. The molecule has 0 spiro atoms. The third-order valence-electron chi connectivity index (χ3n) is 3.53. The van der Waals surface area contributed by atoms with Gasteiger partial charge in [0.25, 0.3) is 0 Å². The number of rotatable bonds is 5. The molecule has 1 amide bonds. The van der Waals surface area contributed by atoms with Crippen molar-refractivity contribution in [2.24, 2.45) is 16.3 Å². The average molecular weight is 282 g/mol. The van der Waals surface area contributed by atoms with Crippen LogP contribution in [0.25, 0.3) is 0 Å². The van der Waals surface area contributed by atoms with E-state index in [-0.39, 0.29) is 11.7 Å². The van der Waals surface area contributed by atoms with Crippen molar-refractivity contribution in [3.63, 3.8) is 0 Å². The van der Waals surface area contributed by atoms with Gasteiger partial charge in [-0.25, -0.2) is 4.98 Å². The van der Waals surface area contributed by atoms with Gasteiger partial charge < -0.3 is 16.3 Å². The van der Waals surface area contributed by atoms with E-state index in [9.17, 15) is 4.79 Å². The highest BCUT2D eigenvalue weighted by Crippen LogP contribution is 2.41. The standard InChI is InChI=1S/C12H18N4O2S/c1-8-7-19-9(15-8)3-6-14-11(17)12(4-2-5-12)10(13)16-18/h7,18H,2-6H2,1H3,(H2,13,16)(H,14,17). The number of nitrogens with zero attached hydrogens (tertiary/aromatic N) is 2. The molecule has 1 aromatic rings. The molecule has 1 heterocycles. The van der Waals surface area contributed by atoms with Crippen LogP contribution in [0.15, 0.2) is 10.5 Å². The van der Waals surface area contributed by atoms with Crippen LogP contribution >= 0.6 is 11.3 Å². The first kappa shape index (κ1) is 13.8. The topological polar surface area (TPSA) is 101 Å². The summed E-state index contributed by atoms with van der Waals surface area (Å²) < 4.78 is 0. The smallest absolute Gasteiger partial charge is 0.233 e. The second-order valence-electron chi connectivity index (χ2n) is 4.81. The monoisotopic (exact) mass is 282 g/mol. The van der Waals surface area contributed by atoms with Crippen LogP contribution in [0.2, 0.25) is 0 Å². The summed E-state index contributed by atoms with van der Waals surface area (Å²) in [5, 5.41) is 17.6. The van der Waals surface area contributed by atoms with Crippen molar-refractivity contribution in [3.05, 3.63) is 16.1 Å². The molecular weight excluding hydrogens is 264 g/mol. The molecule has 104 valence electrons. The fourth-order valence-corrected chi connectivity index (χ4v) is 2.97. The van der Waals surface area contributed by atoms with Crippen molar-refractivity contribution >= 4 is 23.1 Å². The lowest BCUT2D eigenvalue weighted by atomic mass is 9.67. The number of thiazole rings is 1. The fourth-order valence-electron chi connectivity index (χ4n) is 2.20. The Kier molecular flexibility index (Phi) is 4.04. The van der Waals surface area contributed by atoms with Crippen molar-refractivity contribution in [2.45, 2.75) is 32.6 Å². The molecule has 1 fully saturated rings. The minimum atomic E-state index is -0.798. The van der Waals surface area contributed by atoms with E-state index in [1.807, 2.05) is 12.3 Å². The maximum Gasteiger partial charge on any atom is 0.233 e. The molecule has 0 unspecified atom stereocenters. The van der Waals surface area contributed by atoms with E-state index in [1.165, 1.54) is 0 Å². The third-order valence-corrected chi connectivity index (χ3v) is 4.56. The third kappa shape index (κ3) is 2.70. The summed E-state index contributed by atoms with van der Waals surface area (Å²) in [5.41, 5.74) is 5.83. The molecule has 0 bridgehead atoms. The van der Waals surface area contributed by atoms with Crippen LogP contribution in [0.1, 0.15) is 30.0 Å². The molecule has 1 saturated carbocycles.